The zero-order valence-electron chi connectivity index (χ0n) is 15.2. The van der Waals surface area contributed by atoms with E-state index in [1.54, 1.807) is 23.6 Å². The maximum Gasteiger partial charge on any atom is 0.573 e. The first-order chi connectivity index (χ1) is 14.3. The molecule has 0 fully saturated rings. The molecule has 1 aliphatic heterocycles. The maximum absolute atomic E-state index is 12.3. The second kappa shape index (κ2) is 8.11. The predicted octanol–water partition coefficient (Wildman–Crippen LogP) is 4.70. The number of fused-ring (bicyclic) bond motifs is 1. The predicted molar refractivity (Wildman–Crippen MR) is 103 cm³/mol. The van der Waals surface area contributed by atoms with Crippen LogP contribution in [0.1, 0.15) is 5.69 Å². The molecule has 1 amide bonds. The first-order valence-electron chi connectivity index (χ1n) is 8.61. The molecule has 0 spiro atoms. The number of halogens is 3. The number of hydrogen-bond acceptors (Lipinski definition) is 7. The van der Waals surface area contributed by atoms with Gasteiger partial charge < -0.3 is 24.8 Å². The number of amides is 1. The van der Waals surface area contributed by atoms with E-state index < -0.39 is 6.36 Å². The van der Waals surface area contributed by atoms with Crippen LogP contribution in [-0.4, -0.2) is 24.0 Å². The highest BCUT2D eigenvalue weighted by Gasteiger charge is 2.30. The molecule has 0 saturated heterocycles. The molecule has 0 radical (unpaired) electrons. The van der Waals surface area contributed by atoms with Gasteiger partial charge in [0.2, 0.25) is 12.7 Å². The monoisotopic (exact) mass is 437 g/mol. The van der Waals surface area contributed by atoms with Gasteiger partial charge in [-0.25, -0.2) is 4.98 Å². The van der Waals surface area contributed by atoms with Crippen LogP contribution in [0, 0.1) is 0 Å². The van der Waals surface area contributed by atoms with Gasteiger partial charge in [0.05, 0.1) is 12.1 Å². The van der Waals surface area contributed by atoms with Crippen molar-refractivity contribution in [3.8, 4) is 17.2 Å². The Kier molecular flexibility index (Phi) is 5.36. The lowest BCUT2D eigenvalue weighted by atomic mass is 10.2. The smallest absolute Gasteiger partial charge is 0.454 e. The van der Waals surface area contributed by atoms with E-state index in [-0.39, 0.29) is 24.9 Å². The van der Waals surface area contributed by atoms with Crippen molar-refractivity contribution < 1.29 is 32.2 Å². The van der Waals surface area contributed by atoms with E-state index in [2.05, 4.69) is 20.4 Å². The van der Waals surface area contributed by atoms with Crippen LogP contribution in [0.5, 0.6) is 17.2 Å². The molecular formula is C19H14F3N3O4S. The Bertz CT molecular complexity index is 1050. The molecule has 0 atom stereocenters. The Balaban J connectivity index is 1.32. The minimum atomic E-state index is -4.74. The summed E-state index contributed by atoms with van der Waals surface area (Å²) >= 11 is 1.27. The Hall–Kier alpha value is -3.47. The fraction of sp³-hybridized carbons (Fsp3) is 0.158. The molecule has 11 heteroatoms. The second-order valence-electron chi connectivity index (χ2n) is 6.13. The summed E-state index contributed by atoms with van der Waals surface area (Å²) in [7, 11) is 0. The number of benzene rings is 2. The number of carbonyl (C=O) groups excluding carboxylic acids is 1. The van der Waals surface area contributed by atoms with Gasteiger partial charge in [0.15, 0.2) is 16.6 Å². The summed E-state index contributed by atoms with van der Waals surface area (Å²) in [5.41, 5.74) is 1.67. The average Bonchev–Trinajstić information content (AvgIpc) is 3.31. The van der Waals surface area contributed by atoms with Gasteiger partial charge in [-0.2, -0.15) is 0 Å². The van der Waals surface area contributed by atoms with Gasteiger partial charge in [-0.05, 0) is 36.4 Å². The van der Waals surface area contributed by atoms with Crippen LogP contribution in [0.2, 0.25) is 0 Å². The molecule has 1 aromatic heterocycles. The van der Waals surface area contributed by atoms with Gasteiger partial charge in [0, 0.05) is 22.8 Å². The molecule has 7 nitrogen and oxygen atoms in total. The first-order valence-corrected chi connectivity index (χ1v) is 9.49. The van der Waals surface area contributed by atoms with Gasteiger partial charge in [0.25, 0.3) is 0 Å². The molecule has 0 unspecified atom stereocenters. The summed E-state index contributed by atoms with van der Waals surface area (Å²) < 4.78 is 50.9. The number of nitrogens with zero attached hydrogens (tertiary/aromatic N) is 1. The summed E-state index contributed by atoms with van der Waals surface area (Å²) in [5.74, 6) is 0.633. The number of carbonyl (C=O) groups is 1. The van der Waals surface area contributed by atoms with Gasteiger partial charge in [-0.1, -0.05) is 0 Å². The van der Waals surface area contributed by atoms with Crippen LogP contribution in [0.15, 0.2) is 47.8 Å². The topological polar surface area (TPSA) is 81.7 Å². The lowest BCUT2D eigenvalue weighted by molar-refractivity contribution is -0.274. The molecule has 2 N–H and O–H groups in total. The average molecular weight is 437 g/mol. The summed E-state index contributed by atoms with van der Waals surface area (Å²) in [6.07, 6.45) is -4.68. The number of alkyl halides is 3. The van der Waals surface area contributed by atoms with Crippen LogP contribution in [0.4, 0.5) is 29.7 Å². The highest BCUT2D eigenvalue weighted by Crippen LogP contribution is 2.34. The van der Waals surface area contributed by atoms with E-state index in [0.29, 0.717) is 33.7 Å². The van der Waals surface area contributed by atoms with Gasteiger partial charge >= 0.3 is 6.36 Å². The van der Waals surface area contributed by atoms with Crippen LogP contribution in [-0.2, 0) is 11.2 Å². The fourth-order valence-corrected chi connectivity index (χ4v) is 3.38. The van der Waals surface area contributed by atoms with Crippen molar-refractivity contribution in [2.45, 2.75) is 12.8 Å². The van der Waals surface area contributed by atoms with E-state index >= 15 is 0 Å². The van der Waals surface area contributed by atoms with Gasteiger partial charge in [-0.3, -0.25) is 4.79 Å². The van der Waals surface area contributed by atoms with Gasteiger partial charge in [0.1, 0.15) is 5.75 Å². The molecule has 0 aliphatic carbocycles. The minimum absolute atomic E-state index is 0.0605. The molecule has 0 bridgehead atoms. The summed E-state index contributed by atoms with van der Waals surface area (Å²) in [6, 6.07) is 10.4. The van der Waals surface area contributed by atoms with Crippen molar-refractivity contribution in [3.05, 3.63) is 53.5 Å². The summed E-state index contributed by atoms with van der Waals surface area (Å²) in [6.45, 7) is 0.152. The third-order valence-corrected chi connectivity index (χ3v) is 4.70. The highest BCUT2D eigenvalue weighted by molar-refractivity contribution is 7.13. The van der Waals surface area contributed by atoms with Crippen molar-refractivity contribution in [1.82, 2.24) is 4.98 Å². The molecule has 30 heavy (non-hydrogen) atoms. The SMILES string of the molecule is O=C(Cc1csc(Nc2ccc(OC(F)(F)F)cc2)n1)Nc1ccc2c(c1)OCO2. The molecule has 2 aromatic carbocycles. The Morgan fingerprint density at radius 3 is 2.60 bits per heavy atom. The lowest BCUT2D eigenvalue weighted by Gasteiger charge is -2.09. The second-order valence-corrected chi connectivity index (χ2v) is 6.99. The van der Waals surface area contributed by atoms with Gasteiger partial charge in [-0.15, -0.1) is 24.5 Å². The quantitative estimate of drug-likeness (QED) is 0.582. The number of ether oxygens (including phenoxy) is 3. The van der Waals surface area contributed by atoms with Crippen molar-refractivity contribution in [2.75, 3.05) is 17.4 Å². The number of thiazole rings is 1. The van der Waals surface area contributed by atoms with E-state index in [1.165, 1.54) is 35.6 Å². The number of aromatic nitrogens is 1. The summed E-state index contributed by atoms with van der Waals surface area (Å²) in [5, 5.41) is 7.97. The molecule has 1 aliphatic rings. The molecular weight excluding hydrogens is 423 g/mol. The number of anilines is 3. The molecule has 4 rings (SSSR count). The van der Waals surface area contributed by atoms with Crippen molar-refractivity contribution in [2.24, 2.45) is 0 Å². The van der Waals surface area contributed by atoms with E-state index in [1.807, 2.05) is 0 Å². The Morgan fingerprint density at radius 1 is 1.10 bits per heavy atom. The van der Waals surface area contributed by atoms with E-state index in [0.717, 1.165) is 0 Å². The largest absolute Gasteiger partial charge is 0.573 e. The normalized spacial score (nSPS) is 12.5. The highest BCUT2D eigenvalue weighted by atomic mass is 32.1. The van der Waals surface area contributed by atoms with E-state index in [9.17, 15) is 18.0 Å². The maximum atomic E-state index is 12.3. The van der Waals surface area contributed by atoms with Crippen LogP contribution in [0.3, 0.4) is 0 Å². The Labute approximate surface area is 172 Å². The Morgan fingerprint density at radius 2 is 1.83 bits per heavy atom. The number of nitrogens with one attached hydrogen (secondary N) is 2. The zero-order chi connectivity index (χ0) is 21.1. The number of rotatable bonds is 6. The number of hydrogen-bond donors (Lipinski definition) is 2. The molecule has 156 valence electrons. The standard InChI is InChI=1S/C19H14F3N3O4S/c20-19(21,22)29-14-4-1-11(2-5-14)24-18-25-13(9-30-18)8-17(26)23-12-3-6-15-16(7-12)28-10-27-15/h1-7,9H,8,10H2,(H,23,26)(H,24,25). The molecule has 3 aromatic rings. The third kappa shape index (κ3) is 5.11. The third-order valence-electron chi connectivity index (χ3n) is 3.89. The zero-order valence-corrected chi connectivity index (χ0v) is 16.0. The van der Waals surface area contributed by atoms with Crippen molar-refractivity contribution in [3.63, 3.8) is 0 Å². The molecule has 0 saturated carbocycles. The molecule has 2 heterocycles. The van der Waals surface area contributed by atoms with Crippen LogP contribution >= 0.6 is 11.3 Å². The van der Waals surface area contributed by atoms with Crippen LogP contribution in [0.25, 0.3) is 0 Å². The van der Waals surface area contributed by atoms with E-state index in [4.69, 9.17) is 9.47 Å². The van der Waals surface area contributed by atoms with Crippen molar-refractivity contribution >= 4 is 33.8 Å². The van der Waals surface area contributed by atoms with Crippen LogP contribution < -0.4 is 24.8 Å². The first kappa shape index (κ1) is 19.8. The fourth-order valence-electron chi connectivity index (χ4n) is 2.65. The van der Waals surface area contributed by atoms with Crippen molar-refractivity contribution in [1.29, 1.82) is 0 Å². The summed E-state index contributed by atoms with van der Waals surface area (Å²) in [4.78, 5) is 16.6. The lowest BCUT2D eigenvalue weighted by Crippen LogP contribution is -2.16. The minimum Gasteiger partial charge on any atom is -0.454 e.